The summed E-state index contributed by atoms with van der Waals surface area (Å²) in [4.78, 5) is 20.6. The summed E-state index contributed by atoms with van der Waals surface area (Å²) in [6, 6.07) is 0. The zero-order valence-electron chi connectivity index (χ0n) is 14.8. The van der Waals surface area contributed by atoms with E-state index in [1.807, 2.05) is 27.7 Å². The van der Waals surface area contributed by atoms with Crippen LogP contribution >= 0.6 is 12.4 Å². The lowest BCUT2D eigenvalue weighted by Gasteiger charge is -2.26. The molecule has 0 fully saturated rings. The molecule has 7 nitrogen and oxygen atoms in total. The molecule has 3 N–H and O–H groups in total. The normalized spacial score (nSPS) is 11.4. The van der Waals surface area contributed by atoms with Crippen molar-refractivity contribution >= 4 is 24.1 Å². The van der Waals surface area contributed by atoms with E-state index >= 15 is 0 Å². The number of nitrogens with one attached hydrogen (secondary N) is 1. The number of carbonyl (C=O) groups is 1. The Morgan fingerprint density at radius 2 is 2.00 bits per heavy atom. The van der Waals surface area contributed by atoms with Crippen LogP contribution in [0.2, 0.25) is 0 Å². The van der Waals surface area contributed by atoms with Gasteiger partial charge in [0.1, 0.15) is 6.33 Å². The van der Waals surface area contributed by atoms with Crippen molar-refractivity contribution in [3.05, 3.63) is 23.3 Å². The Morgan fingerprint density at radius 1 is 1.33 bits per heavy atom. The van der Waals surface area contributed by atoms with E-state index in [4.69, 9.17) is 5.73 Å². The van der Waals surface area contributed by atoms with Crippen molar-refractivity contribution in [2.75, 3.05) is 6.54 Å². The minimum atomic E-state index is -0.317. The topological polar surface area (TPSA) is 98.2 Å². The van der Waals surface area contributed by atoms with Crippen LogP contribution in [0.1, 0.15) is 50.1 Å². The molecule has 0 radical (unpaired) electrons. The third kappa shape index (κ3) is 4.42. The largest absolute Gasteiger partial charge is 0.354 e. The molecule has 0 saturated carbocycles. The van der Waals surface area contributed by atoms with Crippen LogP contribution in [0.3, 0.4) is 0 Å². The molecule has 134 valence electrons. The molecule has 24 heavy (non-hydrogen) atoms. The average Bonchev–Trinajstić information content (AvgIpc) is 3.00. The molecule has 2 heterocycles. The van der Waals surface area contributed by atoms with E-state index in [1.54, 1.807) is 4.52 Å². The zero-order chi connectivity index (χ0) is 17.0. The number of nitrogens with zero attached hydrogens (tertiary/aromatic N) is 4. The Balaban J connectivity index is 0.00000288. The molecular weight excluding hydrogens is 328 g/mol. The van der Waals surface area contributed by atoms with Crippen LogP contribution in [-0.2, 0) is 11.2 Å². The maximum atomic E-state index is 12.1. The van der Waals surface area contributed by atoms with Gasteiger partial charge in [-0.2, -0.15) is 10.1 Å². The van der Waals surface area contributed by atoms with Gasteiger partial charge in [-0.3, -0.25) is 4.79 Å². The van der Waals surface area contributed by atoms with Gasteiger partial charge < -0.3 is 11.1 Å². The Hall–Kier alpha value is -1.73. The molecule has 0 aliphatic carbocycles. The summed E-state index contributed by atoms with van der Waals surface area (Å²) in [5, 5.41) is 7.11. The molecule has 2 aromatic rings. The average molecular weight is 355 g/mol. The second kappa shape index (κ2) is 8.39. The summed E-state index contributed by atoms with van der Waals surface area (Å²) in [6.45, 7) is 8.51. The molecule has 0 unspecified atom stereocenters. The van der Waals surface area contributed by atoms with Crippen molar-refractivity contribution in [2.24, 2.45) is 5.73 Å². The number of fused-ring (bicyclic) bond motifs is 1. The fourth-order valence-electron chi connectivity index (χ4n) is 2.62. The number of aromatic nitrogens is 4. The standard InChI is InChI=1S/C16H26N6O.ClH/c1-5-16(17,6-2)9-18-14(23)8-7-13-11(3)21-15-19-10-20-22(15)12(13)4;/h10H,5-9,17H2,1-4H3,(H,18,23);1H. The van der Waals surface area contributed by atoms with Gasteiger partial charge in [0.05, 0.1) is 0 Å². The summed E-state index contributed by atoms with van der Waals surface area (Å²) in [6.07, 6.45) is 4.21. The van der Waals surface area contributed by atoms with Crippen LogP contribution < -0.4 is 11.1 Å². The first-order valence-corrected chi connectivity index (χ1v) is 8.11. The molecular formula is C16H27ClN6O. The molecule has 8 heteroatoms. The predicted octanol–water partition coefficient (Wildman–Crippen LogP) is 1.73. The van der Waals surface area contributed by atoms with E-state index in [1.165, 1.54) is 6.33 Å². The second-order valence-electron chi connectivity index (χ2n) is 6.08. The van der Waals surface area contributed by atoms with Crippen LogP contribution in [0.25, 0.3) is 5.78 Å². The number of hydrogen-bond donors (Lipinski definition) is 2. The fraction of sp³-hybridized carbons (Fsp3) is 0.625. The van der Waals surface area contributed by atoms with E-state index in [9.17, 15) is 4.79 Å². The van der Waals surface area contributed by atoms with E-state index in [-0.39, 0.29) is 23.9 Å². The molecule has 2 rings (SSSR count). The van der Waals surface area contributed by atoms with Gasteiger partial charge in [-0.15, -0.1) is 12.4 Å². The summed E-state index contributed by atoms with van der Waals surface area (Å²) >= 11 is 0. The van der Waals surface area contributed by atoms with Crippen molar-refractivity contribution in [2.45, 2.75) is 58.9 Å². The Bertz CT molecular complexity index is 695. The third-order valence-electron chi connectivity index (χ3n) is 4.64. The van der Waals surface area contributed by atoms with E-state index in [2.05, 4.69) is 20.4 Å². The van der Waals surface area contributed by atoms with Gasteiger partial charge in [0.2, 0.25) is 5.91 Å². The van der Waals surface area contributed by atoms with Crippen LogP contribution in [0.15, 0.2) is 6.33 Å². The summed E-state index contributed by atoms with van der Waals surface area (Å²) < 4.78 is 1.71. The van der Waals surface area contributed by atoms with Crippen LogP contribution in [-0.4, -0.2) is 37.6 Å². The maximum Gasteiger partial charge on any atom is 0.252 e. The number of nitrogens with two attached hydrogens (primary N) is 1. The first-order chi connectivity index (χ1) is 10.9. The Kier molecular flexibility index (Phi) is 7.10. The summed E-state index contributed by atoms with van der Waals surface area (Å²) in [7, 11) is 0. The Morgan fingerprint density at radius 3 is 2.62 bits per heavy atom. The van der Waals surface area contributed by atoms with Gasteiger partial charge >= 0.3 is 0 Å². The number of amides is 1. The van der Waals surface area contributed by atoms with E-state index in [0.717, 1.165) is 29.8 Å². The van der Waals surface area contributed by atoms with E-state index in [0.29, 0.717) is 25.2 Å². The lowest BCUT2D eigenvalue weighted by Crippen LogP contribution is -2.49. The second-order valence-corrected chi connectivity index (χ2v) is 6.08. The number of aryl methyl sites for hydroxylation is 2. The Labute approximate surface area is 148 Å². The molecule has 2 aromatic heterocycles. The minimum Gasteiger partial charge on any atom is -0.354 e. The molecule has 0 spiro atoms. The monoisotopic (exact) mass is 354 g/mol. The third-order valence-corrected chi connectivity index (χ3v) is 4.64. The molecule has 0 atom stereocenters. The first kappa shape index (κ1) is 20.3. The highest BCUT2D eigenvalue weighted by molar-refractivity contribution is 5.85. The molecule has 0 saturated heterocycles. The van der Waals surface area contributed by atoms with Crippen LogP contribution in [0.5, 0.6) is 0 Å². The lowest BCUT2D eigenvalue weighted by molar-refractivity contribution is -0.121. The molecule has 0 aliphatic heterocycles. The van der Waals surface area contributed by atoms with Gasteiger partial charge in [-0.1, -0.05) is 13.8 Å². The van der Waals surface area contributed by atoms with E-state index < -0.39 is 0 Å². The molecule has 0 aliphatic rings. The van der Waals surface area contributed by atoms with Gasteiger partial charge in [-0.25, -0.2) is 9.50 Å². The van der Waals surface area contributed by atoms with Gasteiger partial charge in [0.25, 0.3) is 5.78 Å². The highest BCUT2D eigenvalue weighted by atomic mass is 35.5. The van der Waals surface area contributed by atoms with Crippen molar-refractivity contribution in [1.29, 1.82) is 0 Å². The zero-order valence-corrected chi connectivity index (χ0v) is 15.6. The highest BCUT2D eigenvalue weighted by Crippen LogP contribution is 2.15. The van der Waals surface area contributed by atoms with Crippen molar-refractivity contribution in [1.82, 2.24) is 24.9 Å². The van der Waals surface area contributed by atoms with Gasteiger partial charge in [0.15, 0.2) is 0 Å². The van der Waals surface area contributed by atoms with Gasteiger partial charge in [-0.05, 0) is 38.7 Å². The SMILES string of the molecule is CCC(N)(CC)CNC(=O)CCc1c(C)nc2ncnn2c1C.Cl. The van der Waals surface area contributed by atoms with Crippen LogP contribution in [0, 0.1) is 13.8 Å². The van der Waals surface area contributed by atoms with Crippen LogP contribution in [0.4, 0.5) is 0 Å². The minimum absolute atomic E-state index is 0. The molecule has 0 aromatic carbocycles. The van der Waals surface area contributed by atoms with Crippen molar-refractivity contribution in [3.8, 4) is 0 Å². The fourth-order valence-corrected chi connectivity index (χ4v) is 2.62. The number of rotatable bonds is 7. The lowest BCUT2D eigenvalue weighted by atomic mass is 9.94. The van der Waals surface area contributed by atoms with Crippen molar-refractivity contribution < 1.29 is 4.79 Å². The highest BCUT2D eigenvalue weighted by Gasteiger charge is 2.21. The van der Waals surface area contributed by atoms with Gasteiger partial charge in [0, 0.05) is 29.9 Å². The first-order valence-electron chi connectivity index (χ1n) is 8.11. The molecule has 0 bridgehead atoms. The molecule has 1 amide bonds. The number of carbonyl (C=O) groups excluding carboxylic acids is 1. The predicted molar refractivity (Wildman–Crippen MR) is 96.3 cm³/mol. The summed E-state index contributed by atoms with van der Waals surface area (Å²) in [5.74, 6) is 0.603. The smallest absolute Gasteiger partial charge is 0.252 e. The maximum absolute atomic E-state index is 12.1. The summed E-state index contributed by atoms with van der Waals surface area (Å²) in [5.41, 5.74) is 8.81. The van der Waals surface area contributed by atoms with Crippen molar-refractivity contribution in [3.63, 3.8) is 0 Å². The number of hydrogen-bond acceptors (Lipinski definition) is 5. The quantitative estimate of drug-likeness (QED) is 0.789. The number of halogens is 1.